The average Bonchev–Trinajstić information content (AvgIpc) is 2.98. The minimum Gasteiger partial charge on any atom is -0.377 e. The van der Waals surface area contributed by atoms with Gasteiger partial charge in [-0.2, -0.15) is 0 Å². The van der Waals surface area contributed by atoms with E-state index in [9.17, 15) is 0 Å². The zero-order valence-corrected chi connectivity index (χ0v) is 12.3. The number of hydrogen-bond acceptors (Lipinski definition) is 3. The van der Waals surface area contributed by atoms with Gasteiger partial charge in [-0.25, -0.2) is 0 Å². The van der Waals surface area contributed by atoms with Crippen LogP contribution in [0.25, 0.3) is 0 Å². The van der Waals surface area contributed by atoms with Gasteiger partial charge in [0.05, 0.1) is 6.10 Å². The highest BCUT2D eigenvalue weighted by Gasteiger charge is 2.26. The first kappa shape index (κ1) is 14.3. The molecule has 0 bridgehead atoms. The van der Waals surface area contributed by atoms with E-state index in [1.54, 1.807) is 0 Å². The summed E-state index contributed by atoms with van der Waals surface area (Å²) >= 11 is 0. The molecular formula is C15H30N2O. The predicted molar refractivity (Wildman–Crippen MR) is 75.9 cm³/mol. The number of ether oxygens (including phenoxy) is 1. The second kappa shape index (κ2) is 6.88. The summed E-state index contributed by atoms with van der Waals surface area (Å²) in [6, 6.07) is 1.17. The van der Waals surface area contributed by atoms with E-state index in [4.69, 9.17) is 4.74 Å². The fourth-order valence-electron chi connectivity index (χ4n) is 2.76. The van der Waals surface area contributed by atoms with Gasteiger partial charge in [0, 0.05) is 38.3 Å². The van der Waals surface area contributed by atoms with Crippen molar-refractivity contribution in [2.45, 2.75) is 64.6 Å². The third-order valence-corrected chi connectivity index (χ3v) is 4.31. The van der Waals surface area contributed by atoms with Gasteiger partial charge in [0.1, 0.15) is 0 Å². The highest BCUT2D eigenvalue weighted by molar-refractivity contribution is 4.80. The normalized spacial score (nSPS) is 26.2. The molecule has 3 heteroatoms. The fourth-order valence-corrected chi connectivity index (χ4v) is 2.76. The topological polar surface area (TPSA) is 24.5 Å². The lowest BCUT2D eigenvalue weighted by Crippen LogP contribution is -2.43. The van der Waals surface area contributed by atoms with Gasteiger partial charge >= 0.3 is 0 Å². The first-order chi connectivity index (χ1) is 8.66. The first-order valence-corrected chi connectivity index (χ1v) is 7.76. The smallest absolute Gasteiger partial charge is 0.0726 e. The zero-order valence-electron chi connectivity index (χ0n) is 12.3. The number of nitrogens with one attached hydrogen (secondary N) is 1. The molecule has 2 rings (SSSR count). The molecule has 2 unspecified atom stereocenters. The van der Waals surface area contributed by atoms with Crippen molar-refractivity contribution in [3.8, 4) is 0 Å². The lowest BCUT2D eigenvalue weighted by Gasteiger charge is -2.28. The van der Waals surface area contributed by atoms with Crippen LogP contribution in [0.2, 0.25) is 0 Å². The molecular weight excluding hydrogens is 224 g/mol. The van der Waals surface area contributed by atoms with Gasteiger partial charge < -0.3 is 10.1 Å². The second-order valence-corrected chi connectivity index (χ2v) is 6.33. The summed E-state index contributed by atoms with van der Waals surface area (Å²) in [5.41, 5.74) is 0. The molecule has 18 heavy (non-hydrogen) atoms. The van der Waals surface area contributed by atoms with Crippen LogP contribution in [0.15, 0.2) is 0 Å². The maximum absolute atomic E-state index is 5.72. The van der Waals surface area contributed by atoms with Crippen LogP contribution in [0.5, 0.6) is 0 Å². The van der Waals surface area contributed by atoms with E-state index in [0.717, 1.165) is 19.1 Å². The molecule has 1 aliphatic carbocycles. The molecule has 2 atom stereocenters. The quantitative estimate of drug-likeness (QED) is 0.719. The van der Waals surface area contributed by atoms with E-state index in [0.29, 0.717) is 18.2 Å². The predicted octanol–water partition coefficient (Wildman–Crippen LogP) is 2.26. The second-order valence-electron chi connectivity index (χ2n) is 6.33. The van der Waals surface area contributed by atoms with E-state index in [1.807, 2.05) is 0 Å². The summed E-state index contributed by atoms with van der Waals surface area (Å²) in [5, 5.41) is 3.64. The Kier molecular flexibility index (Phi) is 5.46. The molecule has 0 aromatic rings. The summed E-state index contributed by atoms with van der Waals surface area (Å²) in [5.74, 6) is 0.989. The van der Waals surface area contributed by atoms with Crippen LogP contribution in [0.4, 0.5) is 0 Å². The highest BCUT2D eigenvalue weighted by Crippen LogP contribution is 2.30. The molecule has 2 fully saturated rings. The lowest BCUT2D eigenvalue weighted by atomic mass is 10.1. The van der Waals surface area contributed by atoms with Crippen LogP contribution in [0, 0.1) is 5.92 Å². The molecule has 1 saturated carbocycles. The Balaban J connectivity index is 1.62. The standard InChI is InChI=1S/C15H30N2O/c1-12(2)17(11-14-6-7-14)9-8-16-13(3)15-5-4-10-18-15/h12-16H,4-11H2,1-3H3. The summed E-state index contributed by atoms with van der Waals surface area (Å²) in [6.07, 6.45) is 5.80. The van der Waals surface area contributed by atoms with Crippen molar-refractivity contribution in [1.82, 2.24) is 10.2 Å². The van der Waals surface area contributed by atoms with Crippen LogP contribution in [0.1, 0.15) is 46.5 Å². The fraction of sp³-hybridized carbons (Fsp3) is 1.00. The molecule has 3 nitrogen and oxygen atoms in total. The number of hydrogen-bond donors (Lipinski definition) is 1. The Hall–Kier alpha value is -0.120. The Morgan fingerprint density at radius 2 is 2.00 bits per heavy atom. The zero-order chi connectivity index (χ0) is 13.0. The van der Waals surface area contributed by atoms with E-state index in [1.165, 1.54) is 38.8 Å². The lowest BCUT2D eigenvalue weighted by molar-refractivity contribution is 0.0819. The summed E-state index contributed by atoms with van der Waals surface area (Å²) < 4.78 is 5.72. The monoisotopic (exact) mass is 254 g/mol. The number of rotatable bonds is 8. The van der Waals surface area contributed by atoms with Crippen molar-refractivity contribution in [2.24, 2.45) is 5.92 Å². The van der Waals surface area contributed by atoms with Crippen molar-refractivity contribution in [3.05, 3.63) is 0 Å². The van der Waals surface area contributed by atoms with Crippen LogP contribution < -0.4 is 5.32 Å². The van der Waals surface area contributed by atoms with E-state index in [-0.39, 0.29) is 0 Å². The molecule has 0 amide bonds. The van der Waals surface area contributed by atoms with Gasteiger partial charge in [0.2, 0.25) is 0 Å². The largest absolute Gasteiger partial charge is 0.377 e. The highest BCUT2D eigenvalue weighted by atomic mass is 16.5. The van der Waals surface area contributed by atoms with Gasteiger partial charge in [0.25, 0.3) is 0 Å². The minimum absolute atomic E-state index is 0.445. The number of nitrogens with zero attached hydrogens (tertiary/aromatic N) is 1. The van der Waals surface area contributed by atoms with Crippen molar-refractivity contribution >= 4 is 0 Å². The minimum atomic E-state index is 0.445. The molecule has 2 aliphatic rings. The van der Waals surface area contributed by atoms with Crippen LogP contribution in [-0.4, -0.2) is 49.3 Å². The maximum Gasteiger partial charge on any atom is 0.0726 e. The van der Waals surface area contributed by atoms with Crippen molar-refractivity contribution in [1.29, 1.82) is 0 Å². The average molecular weight is 254 g/mol. The maximum atomic E-state index is 5.72. The van der Waals surface area contributed by atoms with Gasteiger partial charge in [-0.05, 0) is 52.4 Å². The van der Waals surface area contributed by atoms with Gasteiger partial charge in [-0.1, -0.05) is 0 Å². The summed E-state index contributed by atoms with van der Waals surface area (Å²) in [7, 11) is 0. The molecule has 1 heterocycles. The van der Waals surface area contributed by atoms with Crippen LogP contribution in [0.3, 0.4) is 0 Å². The first-order valence-electron chi connectivity index (χ1n) is 7.76. The Bertz CT molecular complexity index is 235. The molecule has 0 radical (unpaired) electrons. The molecule has 1 aliphatic heterocycles. The summed E-state index contributed by atoms with van der Waals surface area (Å²) in [4.78, 5) is 2.62. The van der Waals surface area contributed by atoms with Crippen LogP contribution in [-0.2, 0) is 4.74 Å². The Morgan fingerprint density at radius 1 is 1.22 bits per heavy atom. The van der Waals surface area contributed by atoms with Crippen LogP contribution >= 0.6 is 0 Å². The Labute approximate surface area is 112 Å². The molecule has 0 aromatic carbocycles. The SMILES string of the molecule is CC(NCCN(CC1CC1)C(C)C)C1CCCO1. The molecule has 1 N–H and O–H groups in total. The van der Waals surface area contributed by atoms with E-state index >= 15 is 0 Å². The molecule has 0 spiro atoms. The molecule has 106 valence electrons. The van der Waals surface area contributed by atoms with E-state index < -0.39 is 0 Å². The van der Waals surface area contributed by atoms with Gasteiger partial charge in [0.15, 0.2) is 0 Å². The Morgan fingerprint density at radius 3 is 2.56 bits per heavy atom. The van der Waals surface area contributed by atoms with Gasteiger partial charge in [-0.15, -0.1) is 0 Å². The summed E-state index contributed by atoms with van der Waals surface area (Å²) in [6.45, 7) is 11.4. The van der Waals surface area contributed by atoms with Crippen molar-refractivity contribution < 1.29 is 4.74 Å². The molecule has 0 aromatic heterocycles. The van der Waals surface area contributed by atoms with Crippen molar-refractivity contribution in [3.63, 3.8) is 0 Å². The molecule has 1 saturated heterocycles. The third-order valence-electron chi connectivity index (χ3n) is 4.31. The van der Waals surface area contributed by atoms with Crippen molar-refractivity contribution in [2.75, 3.05) is 26.2 Å². The van der Waals surface area contributed by atoms with E-state index in [2.05, 4.69) is 31.0 Å². The third kappa shape index (κ3) is 4.52. The van der Waals surface area contributed by atoms with Gasteiger partial charge in [-0.3, -0.25) is 4.90 Å².